The summed E-state index contributed by atoms with van der Waals surface area (Å²) in [6.45, 7) is 2.09. The first kappa shape index (κ1) is 23.4. The molecular weight excluding hydrogens is 388 g/mol. The Labute approximate surface area is 186 Å². The van der Waals surface area contributed by atoms with Crippen molar-refractivity contribution in [2.75, 3.05) is 20.2 Å². The summed E-state index contributed by atoms with van der Waals surface area (Å²) < 4.78 is 5.41. The van der Waals surface area contributed by atoms with E-state index in [1.165, 1.54) is 24.8 Å². The fourth-order valence-electron chi connectivity index (χ4n) is 4.77. The molecule has 0 radical (unpaired) electrons. The van der Waals surface area contributed by atoms with E-state index in [0.717, 1.165) is 68.5 Å². The van der Waals surface area contributed by atoms with Crippen LogP contribution < -0.4 is 15.8 Å². The molecule has 0 heterocycles. The van der Waals surface area contributed by atoms with Gasteiger partial charge in [-0.1, -0.05) is 43.5 Å². The molecule has 0 amide bonds. The quantitative estimate of drug-likeness (QED) is 0.293. The van der Waals surface area contributed by atoms with E-state index >= 15 is 0 Å². The molecule has 0 fully saturated rings. The molecular formula is C26H38N2O3. The largest absolute Gasteiger partial charge is 0.504 e. The SMILES string of the molecule is COc1ccccc1CCCNCCCCCCC1c2ccc(O)c(O)c2CCC1N. The van der Waals surface area contributed by atoms with Gasteiger partial charge in [-0.3, -0.25) is 0 Å². The van der Waals surface area contributed by atoms with Crippen LogP contribution in [0.15, 0.2) is 36.4 Å². The van der Waals surface area contributed by atoms with Crippen molar-refractivity contribution in [3.8, 4) is 17.2 Å². The number of hydrogen-bond donors (Lipinski definition) is 4. The van der Waals surface area contributed by atoms with Gasteiger partial charge in [0.1, 0.15) is 5.75 Å². The molecule has 0 aromatic heterocycles. The number of nitrogens with one attached hydrogen (secondary N) is 1. The number of fused-ring (bicyclic) bond motifs is 1. The molecule has 5 heteroatoms. The standard InChI is InChI=1S/C26H38N2O3/c1-31-25-12-6-5-9-19(25)10-8-18-28-17-7-3-2-4-11-21-20-14-16-24(29)26(30)22(20)13-15-23(21)27/h5-6,9,12,14,16,21,23,28-30H,2-4,7-8,10-11,13,15,17-18,27H2,1H3. The van der Waals surface area contributed by atoms with Crippen molar-refractivity contribution < 1.29 is 14.9 Å². The highest BCUT2D eigenvalue weighted by atomic mass is 16.5. The zero-order valence-electron chi connectivity index (χ0n) is 18.8. The molecule has 0 aliphatic heterocycles. The summed E-state index contributed by atoms with van der Waals surface area (Å²) >= 11 is 0. The molecule has 5 N–H and O–H groups in total. The Kier molecular flexibility index (Phi) is 9.04. The van der Waals surface area contributed by atoms with E-state index in [4.69, 9.17) is 10.5 Å². The van der Waals surface area contributed by atoms with E-state index in [2.05, 4.69) is 17.4 Å². The maximum atomic E-state index is 10.2. The monoisotopic (exact) mass is 426 g/mol. The maximum Gasteiger partial charge on any atom is 0.160 e. The smallest absolute Gasteiger partial charge is 0.160 e. The van der Waals surface area contributed by atoms with Gasteiger partial charge < -0.3 is 26.0 Å². The third kappa shape index (κ3) is 6.37. The molecule has 0 spiro atoms. The van der Waals surface area contributed by atoms with E-state index in [9.17, 15) is 10.2 Å². The zero-order chi connectivity index (χ0) is 22.1. The highest BCUT2D eigenvalue weighted by molar-refractivity contribution is 5.51. The summed E-state index contributed by atoms with van der Waals surface area (Å²) in [5.41, 5.74) is 9.69. The van der Waals surface area contributed by atoms with Gasteiger partial charge in [-0.05, 0) is 80.8 Å². The third-order valence-corrected chi connectivity index (χ3v) is 6.55. The number of aromatic hydroxyl groups is 2. The Morgan fingerprint density at radius 1 is 1.00 bits per heavy atom. The molecule has 1 aliphatic rings. The minimum absolute atomic E-state index is 0.0247. The average Bonchev–Trinajstić information content (AvgIpc) is 2.79. The van der Waals surface area contributed by atoms with Crippen molar-refractivity contribution in [1.82, 2.24) is 5.32 Å². The second-order valence-electron chi connectivity index (χ2n) is 8.68. The molecule has 1 aliphatic carbocycles. The van der Waals surface area contributed by atoms with Crippen LogP contribution in [0.5, 0.6) is 17.2 Å². The molecule has 0 bridgehead atoms. The van der Waals surface area contributed by atoms with Crippen LogP contribution in [0.25, 0.3) is 0 Å². The van der Waals surface area contributed by atoms with Crippen LogP contribution in [0.2, 0.25) is 0 Å². The maximum absolute atomic E-state index is 10.2. The van der Waals surface area contributed by atoms with Gasteiger partial charge in [-0.25, -0.2) is 0 Å². The fourth-order valence-corrected chi connectivity index (χ4v) is 4.77. The fraction of sp³-hybridized carbons (Fsp3) is 0.538. The second kappa shape index (κ2) is 12.0. The van der Waals surface area contributed by atoms with Crippen molar-refractivity contribution in [3.63, 3.8) is 0 Å². The number of para-hydroxylation sites is 1. The van der Waals surface area contributed by atoms with Crippen LogP contribution in [0.4, 0.5) is 0 Å². The van der Waals surface area contributed by atoms with Crippen LogP contribution in [0.3, 0.4) is 0 Å². The molecule has 170 valence electrons. The number of nitrogens with two attached hydrogens (primary N) is 1. The Hall–Kier alpha value is -2.24. The lowest BCUT2D eigenvalue weighted by Gasteiger charge is -2.32. The number of benzene rings is 2. The van der Waals surface area contributed by atoms with Gasteiger partial charge in [-0.15, -0.1) is 0 Å². The van der Waals surface area contributed by atoms with Crippen LogP contribution in [0, 0.1) is 0 Å². The Morgan fingerprint density at radius 2 is 1.77 bits per heavy atom. The van der Waals surface area contributed by atoms with E-state index in [-0.39, 0.29) is 23.5 Å². The minimum atomic E-state index is -0.0247. The first-order chi connectivity index (χ1) is 15.1. The summed E-state index contributed by atoms with van der Waals surface area (Å²) in [6.07, 6.45) is 9.56. The number of methoxy groups -OCH3 is 1. The molecule has 2 unspecified atom stereocenters. The van der Waals surface area contributed by atoms with Gasteiger partial charge >= 0.3 is 0 Å². The average molecular weight is 427 g/mol. The van der Waals surface area contributed by atoms with Gasteiger partial charge in [0.05, 0.1) is 7.11 Å². The van der Waals surface area contributed by atoms with Crippen LogP contribution in [-0.2, 0) is 12.8 Å². The third-order valence-electron chi connectivity index (χ3n) is 6.55. The summed E-state index contributed by atoms with van der Waals surface area (Å²) in [7, 11) is 1.73. The van der Waals surface area contributed by atoms with E-state index < -0.39 is 0 Å². The lowest BCUT2D eigenvalue weighted by molar-refractivity contribution is 0.380. The molecule has 0 saturated heterocycles. The lowest BCUT2D eigenvalue weighted by Crippen LogP contribution is -2.33. The van der Waals surface area contributed by atoms with Crippen LogP contribution >= 0.6 is 0 Å². The number of hydrogen-bond acceptors (Lipinski definition) is 5. The predicted molar refractivity (Wildman–Crippen MR) is 126 cm³/mol. The second-order valence-corrected chi connectivity index (χ2v) is 8.68. The number of ether oxygens (including phenoxy) is 1. The molecule has 3 rings (SSSR count). The summed E-state index contributed by atoms with van der Waals surface area (Å²) in [5, 5.41) is 23.5. The summed E-state index contributed by atoms with van der Waals surface area (Å²) in [5.74, 6) is 1.28. The number of aryl methyl sites for hydroxylation is 1. The summed E-state index contributed by atoms with van der Waals surface area (Å²) in [4.78, 5) is 0. The zero-order valence-corrected chi connectivity index (χ0v) is 18.8. The Bertz CT molecular complexity index is 824. The van der Waals surface area contributed by atoms with Gasteiger partial charge in [-0.2, -0.15) is 0 Å². The van der Waals surface area contributed by atoms with Gasteiger partial charge in [0.15, 0.2) is 11.5 Å². The van der Waals surface area contributed by atoms with Gasteiger partial charge in [0, 0.05) is 11.6 Å². The first-order valence-corrected chi connectivity index (χ1v) is 11.7. The van der Waals surface area contributed by atoms with Crippen LogP contribution in [0.1, 0.15) is 67.6 Å². The number of unbranched alkanes of at least 4 members (excludes halogenated alkanes) is 3. The highest BCUT2D eigenvalue weighted by Crippen LogP contribution is 2.42. The van der Waals surface area contributed by atoms with Crippen molar-refractivity contribution in [2.24, 2.45) is 5.73 Å². The predicted octanol–water partition coefficient (Wildman–Crippen LogP) is 4.64. The van der Waals surface area contributed by atoms with Crippen molar-refractivity contribution in [3.05, 3.63) is 53.1 Å². The Balaban J connectivity index is 1.28. The molecule has 0 saturated carbocycles. The molecule has 5 nitrogen and oxygen atoms in total. The number of phenols is 2. The number of phenolic OH excluding ortho intramolecular Hbond substituents is 2. The van der Waals surface area contributed by atoms with E-state index in [1.54, 1.807) is 13.2 Å². The highest BCUT2D eigenvalue weighted by Gasteiger charge is 2.29. The van der Waals surface area contributed by atoms with Crippen molar-refractivity contribution in [2.45, 2.75) is 69.7 Å². The Morgan fingerprint density at radius 3 is 2.61 bits per heavy atom. The van der Waals surface area contributed by atoms with Crippen LogP contribution in [-0.4, -0.2) is 36.5 Å². The lowest BCUT2D eigenvalue weighted by atomic mass is 9.76. The van der Waals surface area contributed by atoms with Gasteiger partial charge in [0.25, 0.3) is 0 Å². The normalized spacial score (nSPS) is 18.0. The van der Waals surface area contributed by atoms with E-state index in [1.807, 2.05) is 18.2 Å². The molecule has 2 aromatic carbocycles. The van der Waals surface area contributed by atoms with Gasteiger partial charge in [0.2, 0.25) is 0 Å². The molecule has 2 atom stereocenters. The van der Waals surface area contributed by atoms with Crippen molar-refractivity contribution >= 4 is 0 Å². The number of rotatable bonds is 12. The molecule has 31 heavy (non-hydrogen) atoms. The topological polar surface area (TPSA) is 87.7 Å². The van der Waals surface area contributed by atoms with E-state index in [0.29, 0.717) is 0 Å². The minimum Gasteiger partial charge on any atom is -0.504 e. The van der Waals surface area contributed by atoms with Crippen molar-refractivity contribution in [1.29, 1.82) is 0 Å². The molecule has 2 aromatic rings. The summed E-state index contributed by atoms with van der Waals surface area (Å²) in [6, 6.07) is 11.9. The first-order valence-electron chi connectivity index (χ1n) is 11.7.